The molecule has 3 aromatic rings. The SMILES string of the molecule is COc1ccccc1-c1cccnc1Oc1ccc(OC(F)F)nc1. The van der Waals surface area contributed by atoms with Crippen LogP contribution in [-0.2, 0) is 0 Å². The van der Waals surface area contributed by atoms with Gasteiger partial charge < -0.3 is 14.2 Å². The van der Waals surface area contributed by atoms with Gasteiger partial charge in [-0.25, -0.2) is 9.97 Å². The molecule has 0 spiro atoms. The number of rotatable bonds is 6. The van der Waals surface area contributed by atoms with Crippen molar-refractivity contribution in [1.29, 1.82) is 0 Å². The first kappa shape index (κ1) is 16.6. The van der Waals surface area contributed by atoms with E-state index in [1.807, 2.05) is 30.3 Å². The van der Waals surface area contributed by atoms with Crippen LogP contribution in [0, 0.1) is 0 Å². The van der Waals surface area contributed by atoms with E-state index in [1.54, 1.807) is 19.4 Å². The molecule has 0 bridgehead atoms. The minimum atomic E-state index is -2.92. The number of para-hydroxylation sites is 1. The lowest BCUT2D eigenvalue weighted by Gasteiger charge is -2.12. The summed E-state index contributed by atoms with van der Waals surface area (Å²) in [6, 6.07) is 13.9. The molecule has 0 fully saturated rings. The molecule has 3 rings (SSSR count). The highest BCUT2D eigenvalue weighted by Crippen LogP contribution is 2.36. The third-order valence-corrected chi connectivity index (χ3v) is 3.30. The molecule has 0 saturated carbocycles. The van der Waals surface area contributed by atoms with Crippen LogP contribution >= 0.6 is 0 Å². The van der Waals surface area contributed by atoms with Crippen molar-refractivity contribution in [3.05, 3.63) is 60.9 Å². The molecule has 7 heteroatoms. The van der Waals surface area contributed by atoms with E-state index in [4.69, 9.17) is 9.47 Å². The minimum absolute atomic E-state index is 0.187. The molecule has 0 amide bonds. The number of benzene rings is 1. The van der Waals surface area contributed by atoms with Crippen LogP contribution in [0.1, 0.15) is 0 Å². The molecule has 0 aliphatic carbocycles. The summed E-state index contributed by atoms with van der Waals surface area (Å²) in [4.78, 5) is 8.01. The van der Waals surface area contributed by atoms with E-state index in [9.17, 15) is 8.78 Å². The maximum Gasteiger partial charge on any atom is 0.388 e. The van der Waals surface area contributed by atoms with Crippen LogP contribution in [0.3, 0.4) is 0 Å². The molecule has 1 aromatic carbocycles. The zero-order valence-corrected chi connectivity index (χ0v) is 13.2. The molecule has 128 valence electrons. The standard InChI is InChI=1S/C18H14F2N2O3/c1-23-15-7-3-2-5-13(15)14-6-4-10-21-17(14)24-12-8-9-16(22-11-12)25-18(19)20/h2-11,18H,1H3. The van der Waals surface area contributed by atoms with Crippen LogP contribution < -0.4 is 14.2 Å². The summed E-state index contributed by atoms with van der Waals surface area (Å²) in [5.41, 5.74) is 1.55. The molecular formula is C18H14F2N2O3. The highest BCUT2D eigenvalue weighted by Gasteiger charge is 2.13. The molecule has 0 aliphatic rings. The fourth-order valence-electron chi connectivity index (χ4n) is 2.24. The number of hydrogen-bond acceptors (Lipinski definition) is 5. The summed E-state index contributed by atoms with van der Waals surface area (Å²) >= 11 is 0. The highest BCUT2D eigenvalue weighted by molar-refractivity contribution is 5.74. The number of aromatic nitrogens is 2. The quantitative estimate of drug-likeness (QED) is 0.657. The molecular weight excluding hydrogens is 330 g/mol. The summed E-state index contributed by atoms with van der Waals surface area (Å²) < 4.78 is 39.7. The summed E-state index contributed by atoms with van der Waals surface area (Å²) in [6.07, 6.45) is 2.88. The van der Waals surface area contributed by atoms with Gasteiger partial charge in [0.25, 0.3) is 0 Å². The van der Waals surface area contributed by atoms with E-state index in [0.29, 0.717) is 17.4 Å². The van der Waals surface area contributed by atoms with E-state index in [2.05, 4.69) is 14.7 Å². The van der Waals surface area contributed by atoms with Crippen molar-refractivity contribution in [2.75, 3.05) is 7.11 Å². The zero-order chi connectivity index (χ0) is 17.6. The second-order valence-corrected chi connectivity index (χ2v) is 4.87. The van der Waals surface area contributed by atoms with E-state index < -0.39 is 6.61 Å². The lowest BCUT2D eigenvalue weighted by molar-refractivity contribution is -0.0528. The first-order valence-corrected chi connectivity index (χ1v) is 7.34. The first-order valence-electron chi connectivity index (χ1n) is 7.34. The molecule has 0 saturated heterocycles. The Balaban J connectivity index is 1.89. The molecule has 2 aromatic heterocycles. The minimum Gasteiger partial charge on any atom is -0.496 e. The predicted octanol–water partition coefficient (Wildman–Crippen LogP) is 4.55. The van der Waals surface area contributed by atoms with Crippen LogP contribution in [0.4, 0.5) is 8.78 Å². The third kappa shape index (κ3) is 4.00. The van der Waals surface area contributed by atoms with Crippen LogP contribution in [0.5, 0.6) is 23.3 Å². The average Bonchev–Trinajstić information content (AvgIpc) is 2.63. The molecule has 0 unspecified atom stereocenters. The smallest absolute Gasteiger partial charge is 0.388 e. The Morgan fingerprint density at radius 1 is 0.920 bits per heavy atom. The molecule has 0 N–H and O–H groups in total. The Kier molecular flexibility index (Phi) is 5.03. The maximum atomic E-state index is 12.2. The molecule has 25 heavy (non-hydrogen) atoms. The van der Waals surface area contributed by atoms with E-state index in [1.165, 1.54) is 18.3 Å². The second kappa shape index (κ2) is 7.57. The van der Waals surface area contributed by atoms with Crippen molar-refractivity contribution in [3.63, 3.8) is 0 Å². The number of ether oxygens (including phenoxy) is 3. The predicted molar refractivity (Wildman–Crippen MR) is 87.2 cm³/mol. The number of halogens is 2. The van der Waals surface area contributed by atoms with E-state index >= 15 is 0 Å². The zero-order valence-electron chi connectivity index (χ0n) is 13.2. The Morgan fingerprint density at radius 3 is 2.44 bits per heavy atom. The maximum absolute atomic E-state index is 12.2. The molecule has 0 atom stereocenters. The number of hydrogen-bond donors (Lipinski definition) is 0. The second-order valence-electron chi connectivity index (χ2n) is 4.87. The summed E-state index contributed by atoms with van der Waals surface area (Å²) in [7, 11) is 1.58. The van der Waals surface area contributed by atoms with Gasteiger partial charge in [-0.05, 0) is 24.3 Å². The Labute approximate surface area is 142 Å². The monoisotopic (exact) mass is 344 g/mol. The number of nitrogens with zero attached hydrogens (tertiary/aromatic N) is 2. The van der Waals surface area contributed by atoms with Crippen LogP contribution in [0.2, 0.25) is 0 Å². The van der Waals surface area contributed by atoms with Crippen LogP contribution in [0.25, 0.3) is 11.1 Å². The Hall–Kier alpha value is -3.22. The van der Waals surface area contributed by atoms with Crippen molar-refractivity contribution in [1.82, 2.24) is 9.97 Å². The molecule has 0 radical (unpaired) electrons. The van der Waals surface area contributed by atoms with Gasteiger partial charge in [-0.2, -0.15) is 8.78 Å². The van der Waals surface area contributed by atoms with Gasteiger partial charge in [0.05, 0.1) is 13.3 Å². The normalized spacial score (nSPS) is 10.6. The Morgan fingerprint density at radius 2 is 1.72 bits per heavy atom. The van der Waals surface area contributed by atoms with Crippen LogP contribution in [-0.4, -0.2) is 23.7 Å². The van der Waals surface area contributed by atoms with Crippen molar-refractivity contribution in [2.45, 2.75) is 6.61 Å². The van der Waals surface area contributed by atoms with E-state index in [-0.39, 0.29) is 5.88 Å². The topological polar surface area (TPSA) is 53.5 Å². The largest absolute Gasteiger partial charge is 0.496 e. The summed E-state index contributed by atoms with van der Waals surface area (Å²) in [6.45, 7) is -2.92. The van der Waals surface area contributed by atoms with Crippen LogP contribution in [0.15, 0.2) is 60.9 Å². The fourth-order valence-corrected chi connectivity index (χ4v) is 2.24. The number of methoxy groups -OCH3 is 1. The van der Waals surface area contributed by atoms with Gasteiger partial charge in [0.1, 0.15) is 11.5 Å². The third-order valence-electron chi connectivity index (χ3n) is 3.30. The lowest BCUT2D eigenvalue weighted by atomic mass is 10.1. The van der Waals surface area contributed by atoms with Gasteiger partial charge in [0, 0.05) is 23.4 Å². The summed E-state index contributed by atoms with van der Waals surface area (Å²) in [5, 5.41) is 0. The van der Waals surface area contributed by atoms with Gasteiger partial charge in [-0.1, -0.05) is 18.2 Å². The van der Waals surface area contributed by atoms with E-state index in [0.717, 1.165) is 11.1 Å². The molecule has 2 heterocycles. The van der Waals surface area contributed by atoms with Crippen molar-refractivity contribution in [2.24, 2.45) is 0 Å². The fraction of sp³-hybridized carbons (Fsp3) is 0.111. The first-order chi connectivity index (χ1) is 12.2. The van der Waals surface area contributed by atoms with Gasteiger partial charge in [0.15, 0.2) is 0 Å². The average molecular weight is 344 g/mol. The van der Waals surface area contributed by atoms with Crippen molar-refractivity contribution in [3.8, 4) is 34.4 Å². The molecule has 5 nitrogen and oxygen atoms in total. The Bertz CT molecular complexity index is 842. The van der Waals surface area contributed by atoms with Crippen molar-refractivity contribution >= 4 is 0 Å². The van der Waals surface area contributed by atoms with Gasteiger partial charge in [-0.3, -0.25) is 0 Å². The highest BCUT2D eigenvalue weighted by atomic mass is 19.3. The number of pyridine rings is 2. The lowest BCUT2D eigenvalue weighted by Crippen LogP contribution is -2.03. The summed E-state index contributed by atoms with van der Waals surface area (Å²) in [5.74, 6) is 1.18. The van der Waals surface area contributed by atoms with Gasteiger partial charge in [0.2, 0.25) is 11.8 Å². The molecule has 0 aliphatic heterocycles. The number of alkyl halides is 2. The van der Waals surface area contributed by atoms with Crippen molar-refractivity contribution < 1.29 is 23.0 Å². The van der Waals surface area contributed by atoms with Gasteiger partial charge in [-0.15, -0.1) is 0 Å². The van der Waals surface area contributed by atoms with Gasteiger partial charge >= 0.3 is 6.61 Å².